The molecule has 3 aromatic carbocycles. The number of benzene rings is 3. The van der Waals surface area contributed by atoms with Gasteiger partial charge in [0.15, 0.2) is 0 Å². The largest absolute Gasteiger partial charge is 0.507 e. The minimum atomic E-state index is 0.159. The number of para-hydroxylation sites is 1. The van der Waals surface area contributed by atoms with Gasteiger partial charge in [0.05, 0.1) is 6.21 Å². The average Bonchev–Trinajstić information content (AvgIpc) is 3.42. The van der Waals surface area contributed by atoms with Crippen molar-refractivity contribution >= 4 is 29.7 Å². The third-order valence-electron chi connectivity index (χ3n) is 5.75. The second-order valence-corrected chi connectivity index (χ2v) is 8.39. The summed E-state index contributed by atoms with van der Waals surface area (Å²) in [5.74, 6) is 1.54. The highest BCUT2D eigenvalue weighted by Crippen LogP contribution is 2.22. The van der Waals surface area contributed by atoms with Crippen molar-refractivity contribution in [1.29, 1.82) is 0 Å². The molecule has 0 spiro atoms. The summed E-state index contributed by atoms with van der Waals surface area (Å²) in [7, 11) is 0. The van der Waals surface area contributed by atoms with E-state index in [-0.39, 0.29) is 5.75 Å². The number of rotatable bonds is 8. The van der Waals surface area contributed by atoms with E-state index in [0.717, 1.165) is 43.6 Å². The van der Waals surface area contributed by atoms with Gasteiger partial charge in [-0.1, -0.05) is 54.6 Å². The average molecular weight is 466 g/mol. The number of hydrogen-bond acceptors (Lipinski definition) is 8. The minimum absolute atomic E-state index is 0.159. The summed E-state index contributed by atoms with van der Waals surface area (Å²) in [5, 5.41) is 17.9. The van der Waals surface area contributed by atoms with Crippen LogP contribution >= 0.6 is 0 Å². The molecule has 1 aromatic heterocycles. The van der Waals surface area contributed by atoms with Gasteiger partial charge in [-0.3, -0.25) is 0 Å². The molecule has 35 heavy (non-hydrogen) atoms. The highest BCUT2D eigenvalue weighted by Gasteiger charge is 2.17. The summed E-state index contributed by atoms with van der Waals surface area (Å²) < 4.78 is 0. The molecule has 8 heteroatoms. The van der Waals surface area contributed by atoms with E-state index in [1.54, 1.807) is 12.3 Å². The van der Waals surface area contributed by atoms with Crippen molar-refractivity contribution in [2.24, 2.45) is 5.10 Å². The van der Waals surface area contributed by atoms with Gasteiger partial charge in [0.2, 0.25) is 17.8 Å². The first-order valence-electron chi connectivity index (χ1n) is 11.7. The Morgan fingerprint density at radius 1 is 0.829 bits per heavy atom. The van der Waals surface area contributed by atoms with Gasteiger partial charge in [-0.05, 0) is 54.7 Å². The molecular weight excluding hydrogens is 438 g/mol. The number of anilines is 4. The second-order valence-electron chi connectivity index (χ2n) is 8.39. The van der Waals surface area contributed by atoms with Crippen molar-refractivity contribution in [3.8, 4) is 5.75 Å². The van der Waals surface area contributed by atoms with Crippen LogP contribution in [0.4, 0.5) is 23.5 Å². The Hall–Kier alpha value is -4.46. The summed E-state index contributed by atoms with van der Waals surface area (Å²) in [6.07, 6.45) is 4.59. The van der Waals surface area contributed by atoms with Crippen molar-refractivity contribution < 1.29 is 5.11 Å². The normalized spacial score (nSPS) is 13.3. The predicted molar refractivity (Wildman–Crippen MR) is 140 cm³/mol. The number of phenolic OH excluding ortho intramolecular Hbond substituents is 1. The molecule has 0 amide bonds. The summed E-state index contributed by atoms with van der Waals surface area (Å²) in [4.78, 5) is 15.8. The fourth-order valence-electron chi connectivity index (χ4n) is 3.99. The van der Waals surface area contributed by atoms with Gasteiger partial charge in [0.1, 0.15) is 5.75 Å². The first kappa shape index (κ1) is 22.3. The number of aromatic hydroxyl groups is 1. The van der Waals surface area contributed by atoms with Crippen LogP contribution in [0, 0.1) is 0 Å². The predicted octanol–water partition coefficient (Wildman–Crippen LogP) is 4.96. The van der Waals surface area contributed by atoms with E-state index in [1.807, 2.05) is 60.7 Å². The lowest BCUT2D eigenvalue weighted by molar-refractivity contribution is 0.474. The van der Waals surface area contributed by atoms with Crippen LogP contribution in [0.5, 0.6) is 5.75 Å². The topological polar surface area (TPSA) is 98.6 Å². The molecule has 4 aromatic rings. The van der Waals surface area contributed by atoms with Crippen LogP contribution in [0.2, 0.25) is 0 Å². The Labute approximate surface area is 204 Å². The SMILES string of the molecule is Oc1ccc(Cc2ccccc2)cc1/C=N\Nc1nc(Nc2ccccc2)nc(N2CCCC2)n1. The maximum absolute atomic E-state index is 10.3. The van der Waals surface area contributed by atoms with Crippen LogP contribution in [-0.4, -0.2) is 39.4 Å². The van der Waals surface area contributed by atoms with E-state index in [1.165, 1.54) is 5.56 Å². The highest BCUT2D eigenvalue weighted by atomic mass is 16.3. The van der Waals surface area contributed by atoms with Crippen molar-refractivity contribution in [1.82, 2.24) is 15.0 Å². The van der Waals surface area contributed by atoms with Crippen LogP contribution in [-0.2, 0) is 6.42 Å². The highest BCUT2D eigenvalue weighted by molar-refractivity contribution is 5.84. The van der Waals surface area contributed by atoms with E-state index in [9.17, 15) is 5.11 Å². The first-order chi connectivity index (χ1) is 17.2. The molecule has 5 rings (SSSR count). The molecule has 1 saturated heterocycles. The van der Waals surface area contributed by atoms with E-state index in [0.29, 0.717) is 23.4 Å². The zero-order valence-corrected chi connectivity index (χ0v) is 19.3. The van der Waals surface area contributed by atoms with Crippen molar-refractivity contribution in [3.63, 3.8) is 0 Å². The molecule has 0 saturated carbocycles. The van der Waals surface area contributed by atoms with Crippen molar-refractivity contribution in [2.75, 3.05) is 28.7 Å². The van der Waals surface area contributed by atoms with Crippen LogP contribution in [0.15, 0.2) is 84.0 Å². The van der Waals surface area contributed by atoms with E-state index in [2.05, 4.69) is 47.8 Å². The molecular formula is C27H27N7O. The molecule has 1 aliphatic rings. The minimum Gasteiger partial charge on any atom is -0.507 e. The summed E-state index contributed by atoms with van der Waals surface area (Å²) in [6, 6.07) is 25.5. The number of phenols is 1. The fourth-order valence-corrected chi connectivity index (χ4v) is 3.99. The Morgan fingerprint density at radius 2 is 1.54 bits per heavy atom. The van der Waals surface area contributed by atoms with E-state index >= 15 is 0 Å². The van der Waals surface area contributed by atoms with Gasteiger partial charge in [0, 0.05) is 24.3 Å². The summed E-state index contributed by atoms with van der Waals surface area (Å²) in [5.41, 5.74) is 6.70. The number of nitrogens with zero attached hydrogens (tertiary/aromatic N) is 5. The fraction of sp³-hybridized carbons (Fsp3) is 0.185. The molecule has 0 aliphatic carbocycles. The molecule has 1 aliphatic heterocycles. The van der Waals surface area contributed by atoms with Crippen LogP contribution < -0.4 is 15.6 Å². The van der Waals surface area contributed by atoms with Crippen LogP contribution in [0.25, 0.3) is 0 Å². The van der Waals surface area contributed by atoms with Gasteiger partial charge in [0.25, 0.3) is 0 Å². The number of hydrazone groups is 1. The number of hydrogen-bond donors (Lipinski definition) is 3. The van der Waals surface area contributed by atoms with Crippen LogP contribution in [0.1, 0.15) is 29.5 Å². The molecule has 176 valence electrons. The lowest BCUT2D eigenvalue weighted by Crippen LogP contribution is -2.21. The van der Waals surface area contributed by atoms with Gasteiger partial charge < -0.3 is 15.3 Å². The molecule has 0 unspecified atom stereocenters. The third kappa shape index (κ3) is 5.92. The lowest BCUT2D eigenvalue weighted by atomic mass is 10.0. The standard InChI is InChI=1S/C27H27N7O/c35-24-14-13-21(17-20-9-3-1-4-10-20)18-22(24)19-28-33-26-30-25(29-23-11-5-2-6-12-23)31-27(32-26)34-15-7-8-16-34/h1-6,9-14,18-19,35H,7-8,15-17H2,(H2,29,30,31,32,33)/b28-19-. The smallest absolute Gasteiger partial charge is 0.250 e. The maximum atomic E-state index is 10.3. The monoisotopic (exact) mass is 465 g/mol. The van der Waals surface area contributed by atoms with Crippen LogP contribution in [0.3, 0.4) is 0 Å². The Balaban J connectivity index is 1.34. The Kier molecular flexibility index (Phi) is 6.79. The quantitative estimate of drug-likeness (QED) is 0.250. The zero-order valence-electron chi connectivity index (χ0n) is 19.3. The third-order valence-corrected chi connectivity index (χ3v) is 5.75. The van der Waals surface area contributed by atoms with Gasteiger partial charge >= 0.3 is 0 Å². The molecule has 1 fully saturated rings. The molecule has 2 heterocycles. The Bertz CT molecular complexity index is 1290. The molecule has 8 nitrogen and oxygen atoms in total. The van der Waals surface area contributed by atoms with Crippen molar-refractivity contribution in [3.05, 3.63) is 95.6 Å². The first-order valence-corrected chi connectivity index (χ1v) is 11.7. The van der Waals surface area contributed by atoms with Crippen molar-refractivity contribution in [2.45, 2.75) is 19.3 Å². The summed E-state index contributed by atoms with van der Waals surface area (Å²) in [6.45, 7) is 1.83. The van der Waals surface area contributed by atoms with Gasteiger partial charge in [-0.15, -0.1) is 0 Å². The van der Waals surface area contributed by atoms with Gasteiger partial charge in [-0.25, -0.2) is 5.43 Å². The lowest BCUT2D eigenvalue weighted by Gasteiger charge is -2.16. The maximum Gasteiger partial charge on any atom is 0.250 e. The number of nitrogens with one attached hydrogen (secondary N) is 2. The van der Waals surface area contributed by atoms with E-state index in [4.69, 9.17) is 0 Å². The molecule has 0 radical (unpaired) electrons. The summed E-state index contributed by atoms with van der Waals surface area (Å²) >= 11 is 0. The number of aromatic nitrogens is 3. The molecule has 0 atom stereocenters. The Morgan fingerprint density at radius 3 is 2.31 bits per heavy atom. The zero-order chi connectivity index (χ0) is 23.9. The van der Waals surface area contributed by atoms with Gasteiger partial charge in [-0.2, -0.15) is 20.1 Å². The molecule has 0 bridgehead atoms. The second kappa shape index (κ2) is 10.6. The molecule has 3 N–H and O–H groups in total. The van der Waals surface area contributed by atoms with E-state index < -0.39 is 0 Å².